The van der Waals surface area contributed by atoms with Crippen LogP contribution >= 0.6 is 0 Å². The molecule has 0 saturated heterocycles. The zero-order valence-electron chi connectivity index (χ0n) is 16.1. The van der Waals surface area contributed by atoms with E-state index < -0.39 is 5.60 Å². The van der Waals surface area contributed by atoms with Gasteiger partial charge in [-0.3, -0.25) is 5.10 Å². The number of rotatable bonds is 4. The van der Waals surface area contributed by atoms with Crippen LogP contribution in [0, 0.1) is 23.7 Å². The molecular weight excluding hydrogens is 326 g/mol. The lowest BCUT2D eigenvalue weighted by molar-refractivity contribution is -0.0299. The molecule has 0 bridgehead atoms. The number of aliphatic hydroxyl groups is 1. The predicted molar refractivity (Wildman–Crippen MR) is 104 cm³/mol. The quantitative estimate of drug-likeness (QED) is 0.615. The molecule has 0 unspecified atom stereocenters. The maximum atomic E-state index is 11.4. The summed E-state index contributed by atoms with van der Waals surface area (Å²) in [5.74, 6) is 1.89. The third-order valence-corrected chi connectivity index (χ3v) is 5.62. The normalized spacial score (nSPS) is 23.7. The highest BCUT2D eigenvalue weighted by Crippen LogP contribution is 2.46. The van der Waals surface area contributed by atoms with Crippen LogP contribution in [0.25, 0.3) is 0 Å². The first kappa shape index (κ1) is 18.6. The molecule has 0 atom stereocenters. The largest absolute Gasteiger partial charge is 0.385 e. The number of aryl methyl sites for hydroxylation is 1. The first-order valence-corrected chi connectivity index (χ1v) is 9.24. The SMILES string of the molecule is Cc1cc(C2(O)CCC(C(C)(C)C)CC2)c(C=N)c(Nc2ccn[nH]2)n1. The summed E-state index contributed by atoms with van der Waals surface area (Å²) in [5, 5.41) is 29.3. The fourth-order valence-corrected chi connectivity index (χ4v) is 3.99. The average Bonchev–Trinajstić information content (AvgIpc) is 3.07. The van der Waals surface area contributed by atoms with Gasteiger partial charge >= 0.3 is 0 Å². The third-order valence-electron chi connectivity index (χ3n) is 5.62. The highest BCUT2D eigenvalue weighted by atomic mass is 16.3. The highest BCUT2D eigenvalue weighted by Gasteiger charge is 2.40. The molecule has 1 fully saturated rings. The number of anilines is 2. The van der Waals surface area contributed by atoms with E-state index in [2.05, 4.69) is 41.3 Å². The van der Waals surface area contributed by atoms with E-state index in [1.54, 1.807) is 12.3 Å². The van der Waals surface area contributed by atoms with Gasteiger partial charge in [-0.2, -0.15) is 5.10 Å². The molecule has 0 spiro atoms. The topological polar surface area (TPSA) is 97.7 Å². The standard InChI is InChI=1S/C20H29N5O/c1-13-11-16(20(26)8-5-14(6-9-20)19(2,3)4)15(12-21)18(23-13)24-17-7-10-22-25-17/h7,10-12,14,21,26H,5-6,8-9H2,1-4H3,(H2,22,23,24,25). The molecule has 2 aromatic heterocycles. The van der Waals surface area contributed by atoms with Gasteiger partial charge in [0.15, 0.2) is 0 Å². The Morgan fingerprint density at radius 3 is 2.58 bits per heavy atom. The Kier molecular flexibility index (Phi) is 4.88. The minimum atomic E-state index is -0.910. The molecule has 0 aliphatic heterocycles. The molecule has 0 amide bonds. The fourth-order valence-electron chi connectivity index (χ4n) is 3.99. The molecule has 1 saturated carbocycles. The van der Waals surface area contributed by atoms with Gasteiger partial charge in [-0.1, -0.05) is 20.8 Å². The summed E-state index contributed by atoms with van der Waals surface area (Å²) < 4.78 is 0. The number of pyridine rings is 1. The molecule has 3 rings (SSSR count). The van der Waals surface area contributed by atoms with E-state index in [0.29, 0.717) is 36.0 Å². The van der Waals surface area contributed by atoms with E-state index in [1.807, 2.05) is 13.0 Å². The van der Waals surface area contributed by atoms with E-state index in [4.69, 9.17) is 5.41 Å². The number of nitrogens with one attached hydrogen (secondary N) is 3. The zero-order chi connectivity index (χ0) is 18.9. The summed E-state index contributed by atoms with van der Waals surface area (Å²) in [7, 11) is 0. The summed E-state index contributed by atoms with van der Waals surface area (Å²) in [6.45, 7) is 8.73. The summed E-state index contributed by atoms with van der Waals surface area (Å²) in [6, 6.07) is 3.73. The van der Waals surface area contributed by atoms with Crippen molar-refractivity contribution in [3.05, 3.63) is 35.2 Å². The van der Waals surface area contributed by atoms with Crippen molar-refractivity contribution in [3.63, 3.8) is 0 Å². The molecule has 0 aromatic carbocycles. The van der Waals surface area contributed by atoms with E-state index in [0.717, 1.165) is 24.1 Å². The monoisotopic (exact) mass is 355 g/mol. The number of nitrogens with zero attached hydrogens (tertiary/aromatic N) is 2. The smallest absolute Gasteiger partial charge is 0.140 e. The van der Waals surface area contributed by atoms with E-state index in [1.165, 1.54) is 6.21 Å². The number of aromatic nitrogens is 3. The van der Waals surface area contributed by atoms with E-state index in [-0.39, 0.29) is 5.41 Å². The van der Waals surface area contributed by atoms with Gasteiger partial charge < -0.3 is 15.8 Å². The Labute approximate surface area is 155 Å². The molecule has 0 radical (unpaired) electrons. The number of H-pyrrole nitrogens is 1. The second kappa shape index (κ2) is 6.83. The van der Waals surface area contributed by atoms with Crippen molar-refractivity contribution in [1.82, 2.24) is 15.2 Å². The second-order valence-corrected chi connectivity index (χ2v) is 8.49. The lowest BCUT2D eigenvalue weighted by Gasteiger charge is -2.42. The molecule has 26 heavy (non-hydrogen) atoms. The van der Waals surface area contributed by atoms with Crippen molar-refractivity contribution in [3.8, 4) is 0 Å². The summed E-state index contributed by atoms with van der Waals surface area (Å²) in [4.78, 5) is 4.54. The Hall–Kier alpha value is -2.21. The van der Waals surface area contributed by atoms with Crippen LogP contribution in [0.2, 0.25) is 0 Å². The van der Waals surface area contributed by atoms with Crippen LogP contribution in [0.15, 0.2) is 18.3 Å². The lowest BCUT2D eigenvalue weighted by Crippen LogP contribution is -2.36. The Morgan fingerprint density at radius 2 is 2.04 bits per heavy atom. The average molecular weight is 355 g/mol. The number of hydrogen-bond acceptors (Lipinski definition) is 5. The summed E-state index contributed by atoms with van der Waals surface area (Å²) in [6.07, 6.45) is 6.34. The Bertz CT molecular complexity index is 768. The molecule has 2 aromatic rings. The fraction of sp³-hybridized carbons (Fsp3) is 0.550. The van der Waals surface area contributed by atoms with Gasteiger partial charge in [0.1, 0.15) is 11.6 Å². The maximum absolute atomic E-state index is 11.4. The Morgan fingerprint density at radius 1 is 1.35 bits per heavy atom. The maximum Gasteiger partial charge on any atom is 0.140 e. The van der Waals surface area contributed by atoms with Crippen LogP contribution in [-0.2, 0) is 5.60 Å². The van der Waals surface area contributed by atoms with Crippen LogP contribution in [0.4, 0.5) is 11.6 Å². The first-order chi connectivity index (χ1) is 12.2. The van der Waals surface area contributed by atoms with Crippen molar-refractivity contribution in [1.29, 1.82) is 5.41 Å². The van der Waals surface area contributed by atoms with Gasteiger partial charge in [-0.05, 0) is 55.6 Å². The zero-order valence-corrected chi connectivity index (χ0v) is 16.1. The number of hydrogen-bond donors (Lipinski definition) is 4. The van der Waals surface area contributed by atoms with Crippen molar-refractivity contribution in [2.24, 2.45) is 11.3 Å². The van der Waals surface area contributed by atoms with Crippen molar-refractivity contribution < 1.29 is 5.11 Å². The molecule has 1 aliphatic rings. The minimum absolute atomic E-state index is 0.257. The van der Waals surface area contributed by atoms with Gasteiger partial charge in [0, 0.05) is 23.5 Å². The van der Waals surface area contributed by atoms with Crippen LogP contribution in [0.1, 0.15) is 63.3 Å². The van der Waals surface area contributed by atoms with Crippen LogP contribution in [-0.4, -0.2) is 26.5 Å². The number of aromatic amines is 1. The molecule has 2 heterocycles. The van der Waals surface area contributed by atoms with E-state index in [9.17, 15) is 5.11 Å². The highest BCUT2D eigenvalue weighted by molar-refractivity contribution is 5.88. The summed E-state index contributed by atoms with van der Waals surface area (Å²) >= 11 is 0. The van der Waals surface area contributed by atoms with Gasteiger partial charge in [0.05, 0.1) is 11.8 Å². The van der Waals surface area contributed by atoms with Crippen molar-refractivity contribution in [2.45, 2.75) is 59.0 Å². The van der Waals surface area contributed by atoms with Gasteiger partial charge in [0.25, 0.3) is 0 Å². The third kappa shape index (κ3) is 3.65. The molecule has 4 N–H and O–H groups in total. The first-order valence-electron chi connectivity index (χ1n) is 9.24. The van der Waals surface area contributed by atoms with Crippen molar-refractivity contribution >= 4 is 17.9 Å². The van der Waals surface area contributed by atoms with Crippen molar-refractivity contribution in [2.75, 3.05) is 5.32 Å². The molecule has 6 nitrogen and oxygen atoms in total. The van der Waals surface area contributed by atoms with Crippen LogP contribution < -0.4 is 5.32 Å². The molecule has 1 aliphatic carbocycles. The van der Waals surface area contributed by atoms with Crippen LogP contribution in [0.3, 0.4) is 0 Å². The lowest BCUT2D eigenvalue weighted by atomic mass is 9.66. The summed E-state index contributed by atoms with van der Waals surface area (Å²) in [5.41, 5.74) is 1.61. The predicted octanol–water partition coefficient (Wildman–Crippen LogP) is 4.28. The van der Waals surface area contributed by atoms with Gasteiger partial charge in [-0.15, -0.1) is 0 Å². The van der Waals surface area contributed by atoms with Crippen LogP contribution in [0.5, 0.6) is 0 Å². The van der Waals surface area contributed by atoms with E-state index >= 15 is 0 Å². The molecular formula is C20H29N5O. The van der Waals surface area contributed by atoms with Gasteiger partial charge in [0.2, 0.25) is 0 Å². The van der Waals surface area contributed by atoms with Gasteiger partial charge in [-0.25, -0.2) is 4.98 Å². The second-order valence-electron chi connectivity index (χ2n) is 8.49. The molecule has 6 heteroatoms. The Balaban J connectivity index is 1.94. The molecule has 140 valence electrons. The minimum Gasteiger partial charge on any atom is -0.385 e.